The van der Waals surface area contributed by atoms with Crippen LogP contribution in [0.15, 0.2) is 29.3 Å². The molecule has 0 unspecified atom stereocenters. The highest BCUT2D eigenvalue weighted by Crippen LogP contribution is 2.40. The number of hydrogen-bond acceptors (Lipinski definition) is 3. The molecule has 3 rings (SSSR count). The highest BCUT2D eigenvalue weighted by Gasteiger charge is 2.36. The van der Waals surface area contributed by atoms with E-state index in [1.807, 2.05) is 29.2 Å². The van der Waals surface area contributed by atoms with E-state index in [1.54, 1.807) is 11.8 Å². The summed E-state index contributed by atoms with van der Waals surface area (Å²) in [5, 5.41) is 10.0. The molecular weight excluding hydrogens is 254 g/mol. The molecule has 1 fully saturated rings. The monoisotopic (exact) mass is 265 g/mol. The van der Waals surface area contributed by atoms with Gasteiger partial charge in [-0.15, -0.1) is 0 Å². The molecule has 0 aromatic heterocycles. The van der Waals surface area contributed by atoms with Crippen LogP contribution >= 0.6 is 23.4 Å². The Morgan fingerprint density at radius 3 is 2.82 bits per heavy atom. The number of aliphatic imine (C=N–C) groups is 1. The zero-order valence-electron chi connectivity index (χ0n) is 9.19. The van der Waals surface area contributed by atoms with Gasteiger partial charge in [0.25, 0.3) is 0 Å². The zero-order chi connectivity index (χ0) is 11.8. The number of amidine groups is 2. The Kier molecular flexibility index (Phi) is 2.84. The van der Waals surface area contributed by atoms with E-state index < -0.39 is 0 Å². The van der Waals surface area contributed by atoms with Crippen LogP contribution in [0.5, 0.6) is 0 Å². The van der Waals surface area contributed by atoms with E-state index in [0.29, 0.717) is 5.84 Å². The van der Waals surface area contributed by atoms with Gasteiger partial charge in [0.2, 0.25) is 0 Å². The van der Waals surface area contributed by atoms with Gasteiger partial charge in [-0.05, 0) is 24.1 Å². The summed E-state index contributed by atoms with van der Waals surface area (Å²) in [6, 6.07) is 7.74. The third-order valence-corrected chi connectivity index (χ3v) is 4.50. The molecule has 88 valence electrons. The first kappa shape index (κ1) is 11.1. The molecule has 5 heteroatoms. The standard InChI is InChI=1S/C12H12ClN3S/c13-9-4-2-8(3-5-9)10-11(14)16-7-1-6-15-12(16)17-10/h2-5,10,14H,1,6-7H2/t10-/m1/s1. The van der Waals surface area contributed by atoms with Crippen molar-refractivity contribution in [3.63, 3.8) is 0 Å². The maximum Gasteiger partial charge on any atom is 0.165 e. The Labute approximate surface area is 109 Å². The Bertz CT molecular complexity index is 483. The van der Waals surface area contributed by atoms with Crippen LogP contribution in [0.4, 0.5) is 0 Å². The molecule has 0 aliphatic carbocycles. The predicted molar refractivity (Wildman–Crippen MR) is 73.1 cm³/mol. The second-order valence-electron chi connectivity index (χ2n) is 4.10. The molecule has 2 aliphatic rings. The number of thioether (sulfide) groups is 1. The van der Waals surface area contributed by atoms with E-state index in [0.717, 1.165) is 35.3 Å². The molecule has 1 aromatic carbocycles. The van der Waals surface area contributed by atoms with Crippen LogP contribution in [0.2, 0.25) is 5.02 Å². The molecule has 0 bridgehead atoms. The topological polar surface area (TPSA) is 39.5 Å². The molecule has 0 amide bonds. The summed E-state index contributed by atoms with van der Waals surface area (Å²) in [6.07, 6.45) is 1.04. The van der Waals surface area contributed by atoms with Crippen LogP contribution in [-0.4, -0.2) is 29.0 Å². The molecule has 0 radical (unpaired) electrons. The first-order valence-electron chi connectivity index (χ1n) is 5.58. The lowest BCUT2D eigenvalue weighted by atomic mass is 10.1. The molecule has 2 heterocycles. The lowest BCUT2D eigenvalue weighted by Gasteiger charge is -2.21. The van der Waals surface area contributed by atoms with Gasteiger partial charge in [-0.25, -0.2) is 0 Å². The van der Waals surface area contributed by atoms with Crippen molar-refractivity contribution in [1.82, 2.24) is 4.90 Å². The molecule has 1 atom stereocenters. The van der Waals surface area contributed by atoms with Gasteiger partial charge in [0, 0.05) is 18.1 Å². The summed E-state index contributed by atoms with van der Waals surface area (Å²) >= 11 is 7.55. The number of nitrogens with one attached hydrogen (secondary N) is 1. The summed E-state index contributed by atoms with van der Waals surface area (Å²) in [5.41, 5.74) is 1.13. The van der Waals surface area contributed by atoms with E-state index in [-0.39, 0.29) is 5.25 Å². The summed E-state index contributed by atoms with van der Waals surface area (Å²) in [6.45, 7) is 1.81. The minimum absolute atomic E-state index is 0.0733. The van der Waals surface area contributed by atoms with Crippen molar-refractivity contribution in [3.05, 3.63) is 34.9 Å². The van der Waals surface area contributed by atoms with E-state index >= 15 is 0 Å². The summed E-state index contributed by atoms with van der Waals surface area (Å²) in [5.74, 6) is 0.649. The smallest absolute Gasteiger partial charge is 0.165 e. The van der Waals surface area contributed by atoms with Gasteiger partial charge in [0.15, 0.2) is 5.17 Å². The lowest BCUT2D eigenvalue weighted by molar-refractivity contribution is 0.554. The van der Waals surface area contributed by atoms with Crippen molar-refractivity contribution in [3.8, 4) is 0 Å². The van der Waals surface area contributed by atoms with Gasteiger partial charge >= 0.3 is 0 Å². The predicted octanol–water partition coefficient (Wildman–Crippen LogP) is 3.17. The third-order valence-electron chi connectivity index (χ3n) is 2.95. The van der Waals surface area contributed by atoms with Crippen LogP contribution in [0.3, 0.4) is 0 Å². The number of fused-ring (bicyclic) bond motifs is 1. The minimum Gasteiger partial charge on any atom is -0.308 e. The normalized spacial score (nSPS) is 23.6. The fourth-order valence-corrected chi connectivity index (χ4v) is 3.43. The Morgan fingerprint density at radius 2 is 2.12 bits per heavy atom. The maximum atomic E-state index is 8.21. The molecule has 1 aromatic rings. The molecule has 0 saturated carbocycles. The first-order valence-corrected chi connectivity index (χ1v) is 6.84. The molecule has 2 aliphatic heterocycles. The van der Waals surface area contributed by atoms with Crippen molar-refractivity contribution in [2.45, 2.75) is 11.7 Å². The summed E-state index contributed by atoms with van der Waals surface area (Å²) in [7, 11) is 0. The third kappa shape index (κ3) is 1.96. The summed E-state index contributed by atoms with van der Waals surface area (Å²) in [4.78, 5) is 6.50. The van der Waals surface area contributed by atoms with E-state index in [4.69, 9.17) is 17.0 Å². The van der Waals surface area contributed by atoms with E-state index in [1.165, 1.54) is 0 Å². The Morgan fingerprint density at radius 1 is 1.35 bits per heavy atom. The molecule has 1 N–H and O–H groups in total. The first-order chi connectivity index (χ1) is 8.25. The van der Waals surface area contributed by atoms with E-state index in [2.05, 4.69) is 4.99 Å². The summed E-state index contributed by atoms with van der Waals surface area (Å²) < 4.78 is 0. The van der Waals surface area contributed by atoms with Crippen molar-refractivity contribution >= 4 is 34.4 Å². The van der Waals surface area contributed by atoms with Crippen LogP contribution < -0.4 is 0 Å². The highest BCUT2D eigenvalue weighted by atomic mass is 35.5. The van der Waals surface area contributed by atoms with Gasteiger partial charge in [-0.2, -0.15) is 0 Å². The van der Waals surface area contributed by atoms with Crippen molar-refractivity contribution < 1.29 is 0 Å². The maximum absolute atomic E-state index is 8.21. The number of rotatable bonds is 1. The second-order valence-corrected chi connectivity index (χ2v) is 5.61. The number of benzene rings is 1. The lowest BCUT2D eigenvalue weighted by Crippen LogP contribution is -2.33. The van der Waals surface area contributed by atoms with Crippen LogP contribution in [0.25, 0.3) is 0 Å². The second kappa shape index (κ2) is 4.35. The average molecular weight is 266 g/mol. The van der Waals surface area contributed by atoms with Crippen molar-refractivity contribution in [2.24, 2.45) is 4.99 Å². The zero-order valence-corrected chi connectivity index (χ0v) is 10.8. The van der Waals surface area contributed by atoms with Gasteiger partial charge in [0.1, 0.15) is 5.84 Å². The molecular formula is C12H12ClN3S. The quantitative estimate of drug-likeness (QED) is 0.847. The van der Waals surface area contributed by atoms with Gasteiger partial charge < -0.3 is 4.90 Å². The Balaban J connectivity index is 1.90. The Hall–Kier alpha value is -1.00. The number of nitrogens with zero attached hydrogens (tertiary/aromatic N) is 2. The van der Waals surface area contributed by atoms with Gasteiger partial charge in [-0.3, -0.25) is 10.4 Å². The number of halogens is 1. The minimum atomic E-state index is 0.0733. The average Bonchev–Trinajstić information content (AvgIpc) is 2.69. The number of hydrogen-bond donors (Lipinski definition) is 1. The SMILES string of the molecule is N=C1[C@@H](c2ccc(Cl)cc2)SC2=NCCCN12. The van der Waals surface area contributed by atoms with Crippen LogP contribution in [-0.2, 0) is 0 Å². The molecule has 1 saturated heterocycles. The van der Waals surface area contributed by atoms with Crippen molar-refractivity contribution in [1.29, 1.82) is 5.41 Å². The molecule has 3 nitrogen and oxygen atoms in total. The van der Waals surface area contributed by atoms with Crippen LogP contribution in [0.1, 0.15) is 17.2 Å². The van der Waals surface area contributed by atoms with E-state index in [9.17, 15) is 0 Å². The van der Waals surface area contributed by atoms with Crippen molar-refractivity contribution in [2.75, 3.05) is 13.1 Å². The van der Waals surface area contributed by atoms with Gasteiger partial charge in [0.05, 0.1) is 5.25 Å². The van der Waals surface area contributed by atoms with Gasteiger partial charge in [-0.1, -0.05) is 35.5 Å². The molecule has 0 spiro atoms. The highest BCUT2D eigenvalue weighted by molar-refractivity contribution is 8.15. The fourth-order valence-electron chi connectivity index (χ4n) is 2.08. The molecule has 17 heavy (non-hydrogen) atoms. The largest absolute Gasteiger partial charge is 0.308 e. The fraction of sp³-hybridized carbons (Fsp3) is 0.333. The van der Waals surface area contributed by atoms with Crippen LogP contribution in [0, 0.1) is 5.41 Å².